The van der Waals surface area contributed by atoms with Crippen LogP contribution in [-0.2, 0) is 14.4 Å². The second-order valence-electron chi connectivity index (χ2n) is 2.80. The summed E-state index contributed by atoms with van der Waals surface area (Å²) in [5, 5.41) is 8.62. The number of Topliss-reactive ketones (excluding diaryl/α,β-unsaturated/α-hetero) is 1. The van der Waals surface area contributed by atoms with E-state index in [0.29, 0.717) is 0 Å². The second-order valence-corrected chi connectivity index (χ2v) is 2.80. The van der Waals surface area contributed by atoms with Crippen molar-refractivity contribution < 1.29 is 19.5 Å². The Kier molecular flexibility index (Phi) is 3.70. The largest absolute Gasteiger partial charge is 0.480 e. The molecule has 5 N–H and O–H groups in total. The SMILES string of the molecule is C[C@H](N)C(=O)[C@@](N)(CC=O)C(=O)O. The van der Waals surface area contributed by atoms with Crippen LogP contribution in [0.15, 0.2) is 0 Å². The van der Waals surface area contributed by atoms with E-state index in [1.54, 1.807) is 0 Å². The summed E-state index contributed by atoms with van der Waals surface area (Å²) < 4.78 is 0. The summed E-state index contributed by atoms with van der Waals surface area (Å²) in [4.78, 5) is 31.9. The van der Waals surface area contributed by atoms with E-state index in [1.165, 1.54) is 6.92 Å². The van der Waals surface area contributed by atoms with E-state index in [4.69, 9.17) is 16.6 Å². The van der Waals surface area contributed by atoms with Crippen LogP contribution in [0.2, 0.25) is 0 Å². The molecule has 0 aromatic carbocycles. The average Bonchev–Trinajstić information content (AvgIpc) is 2.02. The molecule has 6 nitrogen and oxygen atoms in total. The quantitative estimate of drug-likeness (QED) is 0.348. The third kappa shape index (κ3) is 2.33. The van der Waals surface area contributed by atoms with E-state index in [1.807, 2.05) is 0 Å². The van der Waals surface area contributed by atoms with Crippen LogP contribution < -0.4 is 11.5 Å². The van der Waals surface area contributed by atoms with Gasteiger partial charge in [0.25, 0.3) is 0 Å². The highest BCUT2D eigenvalue weighted by molar-refractivity contribution is 6.11. The smallest absolute Gasteiger partial charge is 0.331 e. The molecule has 0 radical (unpaired) electrons. The lowest BCUT2D eigenvalue weighted by Crippen LogP contribution is -2.59. The van der Waals surface area contributed by atoms with E-state index >= 15 is 0 Å². The van der Waals surface area contributed by atoms with E-state index in [2.05, 4.69) is 0 Å². The van der Waals surface area contributed by atoms with Crippen molar-refractivity contribution in [2.24, 2.45) is 11.5 Å². The molecular weight excluding hydrogens is 176 g/mol. The lowest BCUT2D eigenvalue weighted by molar-refractivity contribution is -0.149. The molecule has 0 amide bonds. The fraction of sp³-hybridized carbons (Fsp3) is 0.571. The fourth-order valence-electron chi connectivity index (χ4n) is 0.831. The first-order chi connectivity index (χ1) is 5.86. The second kappa shape index (κ2) is 4.11. The maximum atomic E-state index is 11.2. The number of rotatable bonds is 5. The Balaban J connectivity index is 4.89. The lowest BCUT2D eigenvalue weighted by atomic mass is 9.88. The van der Waals surface area contributed by atoms with Crippen molar-refractivity contribution in [3.05, 3.63) is 0 Å². The van der Waals surface area contributed by atoms with Crippen LogP contribution in [0.5, 0.6) is 0 Å². The van der Waals surface area contributed by atoms with Crippen LogP contribution in [0.1, 0.15) is 13.3 Å². The lowest BCUT2D eigenvalue weighted by Gasteiger charge is -2.22. The Bertz CT molecular complexity index is 239. The van der Waals surface area contributed by atoms with Crippen molar-refractivity contribution in [1.29, 1.82) is 0 Å². The number of carbonyl (C=O) groups is 3. The topological polar surface area (TPSA) is 123 Å². The van der Waals surface area contributed by atoms with E-state index in [-0.39, 0.29) is 6.29 Å². The van der Waals surface area contributed by atoms with E-state index in [0.717, 1.165) is 0 Å². The molecule has 0 aliphatic carbocycles. The van der Waals surface area contributed by atoms with Gasteiger partial charge in [-0.1, -0.05) is 0 Å². The first-order valence-corrected chi connectivity index (χ1v) is 3.62. The molecule has 0 saturated heterocycles. The van der Waals surface area contributed by atoms with Gasteiger partial charge >= 0.3 is 5.97 Å². The standard InChI is InChI=1S/C7H12N2O4/c1-4(8)5(11)7(9,2-3-10)6(12)13/h3-4H,2,8-9H2,1H3,(H,12,13)/t4-,7-/m0/s1. The molecule has 74 valence electrons. The van der Waals surface area contributed by atoms with Crippen LogP contribution in [-0.4, -0.2) is 34.7 Å². The molecule has 0 heterocycles. The molecule has 6 heteroatoms. The fourth-order valence-corrected chi connectivity index (χ4v) is 0.831. The number of aliphatic carboxylic acids is 1. The third-order valence-electron chi connectivity index (χ3n) is 1.64. The minimum atomic E-state index is -2.18. The predicted octanol–water partition coefficient (Wildman–Crippen LogP) is -1.73. The maximum absolute atomic E-state index is 11.2. The Labute approximate surface area is 74.9 Å². The average molecular weight is 188 g/mol. The highest BCUT2D eigenvalue weighted by atomic mass is 16.4. The van der Waals surface area contributed by atoms with Gasteiger partial charge in [-0.2, -0.15) is 0 Å². The minimum Gasteiger partial charge on any atom is -0.480 e. The molecule has 0 spiro atoms. The van der Waals surface area contributed by atoms with Crippen LogP contribution in [0.25, 0.3) is 0 Å². The van der Waals surface area contributed by atoms with Gasteiger partial charge in [-0.3, -0.25) is 4.79 Å². The van der Waals surface area contributed by atoms with Gasteiger partial charge in [0.1, 0.15) is 6.29 Å². The number of nitrogens with two attached hydrogens (primary N) is 2. The highest BCUT2D eigenvalue weighted by Gasteiger charge is 2.42. The van der Waals surface area contributed by atoms with Gasteiger partial charge in [-0.15, -0.1) is 0 Å². The first kappa shape index (κ1) is 11.7. The van der Waals surface area contributed by atoms with Crippen molar-refractivity contribution in [3.8, 4) is 0 Å². The van der Waals surface area contributed by atoms with Crippen molar-refractivity contribution in [2.45, 2.75) is 24.9 Å². The van der Waals surface area contributed by atoms with Gasteiger partial charge in [0.2, 0.25) is 0 Å². The molecule has 0 aromatic heterocycles. The number of carboxylic acid groups (broad SMARTS) is 1. The minimum absolute atomic E-state index is 0.286. The third-order valence-corrected chi connectivity index (χ3v) is 1.64. The Hall–Kier alpha value is -1.27. The Morgan fingerprint density at radius 3 is 2.31 bits per heavy atom. The molecule has 2 atom stereocenters. The Morgan fingerprint density at radius 2 is 2.08 bits per heavy atom. The van der Waals surface area contributed by atoms with Crippen molar-refractivity contribution in [1.82, 2.24) is 0 Å². The summed E-state index contributed by atoms with van der Waals surface area (Å²) in [6.07, 6.45) is -0.281. The summed E-state index contributed by atoms with van der Waals surface area (Å²) in [5.41, 5.74) is 8.23. The number of carbonyl (C=O) groups excluding carboxylic acids is 2. The summed E-state index contributed by atoms with van der Waals surface area (Å²) in [5.74, 6) is -2.39. The number of carboxylic acids is 1. The molecule has 0 aliphatic heterocycles. The number of ketones is 1. The maximum Gasteiger partial charge on any atom is 0.331 e. The number of hydrogen-bond donors (Lipinski definition) is 3. The zero-order valence-electron chi connectivity index (χ0n) is 7.19. The molecule has 0 unspecified atom stereocenters. The van der Waals surface area contributed by atoms with Crippen LogP contribution in [0.3, 0.4) is 0 Å². The molecule has 0 bridgehead atoms. The van der Waals surface area contributed by atoms with Crippen molar-refractivity contribution >= 4 is 18.0 Å². The first-order valence-electron chi connectivity index (χ1n) is 3.62. The van der Waals surface area contributed by atoms with E-state index in [9.17, 15) is 14.4 Å². The predicted molar refractivity (Wildman–Crippen MR) is 43.9 cm³/mol. The summed E-state index contributed by atoms with van der Waals surface area (Å²) in [6.45, 7) is 1.32. The molecule has 0 aliphatic rings. The van der Waals surface area contributed by atoms with Crippen LogP contribution in [0.4, 0.5) is 0 Å². The molecule has 0 saturated carbocycles. The van der Waals surface area contributed by atoms with Gasteiger partial charge in [0, 0.05) is 6.42 Å². The molecular formula is C7H12N2O4. The summed E-state index contributed by atoms with van der Waals surface area (Å²) in [7, 11) is 0. The zero-order valence-corrected chi connectivity index (χ0v) is 7.19. The van der Waals surface area contributed by atoms with Gasteiger partial charge in [-0.25, -0.2) is 4.79 Å². The van der Waals surface area contributed by atoms with Gasteiger partial charge < -0.3 is 21.4 Å². The van der Waals surface area contributed by atoms with Gasteiger partial charge in [0.05, 0.1) is 6.04 Å². The number of aldehydes is 1. The normalized spacial score (nSPS) is 17.2. The van der Waals surface area contributed by atoms with Gasteiger partial charge in [0.15, 0.2) is 11.3 Å². The molecule has 13 heavy (non-hydrogen) atoms. The van der Waals surface area contributed by atoms with E-state index < -0.39 is 29.8 Å². The molecule has 0 rings (SSSR count). The zero-order chi connectivity index (χ0) is 10.6. The summed E-state index contributed by atoms with van der Waals surface area (Å²) in [6, 6.07) is -0.999. The summed E-state index contributed by atoms with van der Waals surface area (Å²) >= 11 is 0. The molecule has 0 fully saturated rings. The van der Waals surface area contributed by atoms with Crippen LogP contribution in [0, 0.1) is 0 Å². The Morgan fingerprint density at radius 1 is 1.62 bits per heavy atom. The van der Waals surface area contributed by atoms with Crippen LogP contribution >= 0.6 is 0 Å². The monoisotopic (exact) mass is 188 g/mol. The van der Waals surface area contributed by atoms with Crippen molar-refractivity contribution in [3.63, 3.8) is 0 Å². The van der Waals surface area contributed by atoms with Gasteiger partial charge in [-0.05, 0) is 6.92 Å². The van der Waals surface area contributed by atoms with Crippen molar-refractivity contribution in [2.75, 3.05) is 0 Å². The molecule has 0 aromatic rings. The highest BCUT2D eigenvalue weighted by Crippen LogP contribution is 2.08. The number of hydrogen-bond acceptors (Lipinski definition) is 5.